The van der Waals surface area contributed by atoms with E-state index in [9.17, 15) is 19.2 Å². The van der Waals surface area contributed by atoms with E-state index < -0.39 is 11.9 Å². The van der Waals surface area contributed by atoms with Gasteiger partial charge in [-0.05, 0) is 31.8 Å². The molecule has 0 aromatic rings. The van der Waals surface area contributed by atoms with Crippen LogP contribution in [-0.2, 0) is 23.9 Å². The van der Waals surface area contributed by atoms with Crippen molar-refractivity contribution in [3.63, 3.8) is 0 Å². The van der Waals surface area contributed by atoms with Crippen LogP contribution in [0, 0.1) is 5.92 Å². The van der Waals surface area contributed by atoms with Crippen LogP contribution in [0.25, 0.3) is 0 Å². The third-order valence-electron chi connectivity index (χ3n) is 3.70. The van der Waals surface area contributed by atoms with Crippen LogP contribution in [0.1, 0.15) is 59.8 Å². The van der Waals surface area contributed by atoms with Gasteiger partial charge in [-0.1, -0.05) is 66.3 Å². The Hall–Kier alpha value is -3.20. The third kappa shape index (κ3) is 33.6. The lowest BCUT2D eigenvalue weighted by molar-refractivity contribution is -0.139. The molecule has 9 heteroatoms. The Morgan fingerprint density at radius 1 is 1.00 bits per heavy atom. The zero-order chi connectivity index (χ0) is 26.8. The van der Waals surface area contributed by atoms with E-state index in [2.05, 4.69) is 45.5 Å². The molecule has 0 aromatic carbocycles. The monoisotopic (exact) mass is 471 g/mol. The van der Waals surface area contributed by atoms with Crippen LogP contribution in [0.5, 0.6) is 0 Å². The predicted molar refractivity (Wildman–Crippen MR) is 129 cm³/mol. The molecule has 0 aliphatic rings. The van der Waals surface area contributed by atoms with Crippen molar-refractivity contribution in [2.45, 2.75) is 59.8 Å². The molecule has 0 aromatic heterocycles. The smallest absolute Gasteiger partial charge is 0.330 e. The predicted octanol–water partition coefficient (Wildman–Crippen LogP) is 3.85. The van der Waals surface area contributed by atoms with Gasteiger partial charge in [0.1, 0.15) is 6.73 Å². The van der Waals surface area contributed by atoms with Gasteiger partial charge in [-0.25, -0.2) is 14.4 Å². The molecule has 9 nitrogen and oxygen atoms in total. The normalized spacial score (nSPS) is 9.48. The molecule has 0 rings (SSSR count). The first-order valence-corrected chi connectivity index (χ1v) is 10.5. The Balaban J connectivity index is -0.000000181. The van der Waals surface area contributed by atoms with Crippen LogP contribution in [0.3, 0.4) is 0 Å². The van der Waals surface area contributed by atoms with Crippen molar-refractivity contribution in [3.05, 3.63) is 49.6 Å². The fourth-order valence-electron chi connectivity index (χ4n) is 1.46. The van der Waals surface area contributed by atoms with E-state index in [-0.39, 0.29) is 29.8 Å². The second-order valence-corrected chi connectivity index (χ2v) is 6.50. The molecule has 4 N–H and O–H groups in total. The van der Waals surface area contributed by atoms with Gasteiger partial charge in [-0.15, -0.1) is 0 Å². The Labute approximate surface area is 197 Å². The summed E-state index contributed by atoms with van der Waals surface area (Å²) in [6, 6.07) is 0. The summed E-state index contributed by atoms with van der Waals surface area (Å²) in [7, 11) is 0. The average Bonchev–Trinajstić information content (AvgIpc) is 2.79. The highest BCUT2D eigenvalue weighted by molar-refractivity contribution is 5.86. The molecule has 0 heterocycles. The summed E-state index contributed by atoms with van der Waals surface area (Å²) in [6.07, 6.45) is 7.47. The van der Waals surface area contributed by atoms with E-state index in [4.69, 9.17) is 20.1 Å². The maximum Gasteiger partial charge on any atom is 0.330 e. The summed E-state index contributed by atoms with van der Waals surface area (Å²) >= 11 is 0. The molecule has 1 amide bonds. The molecule has 0 aliphatic heterocycles. The van der Waals surface area contributed by atoms with Gasteiger partial charge in [0.25, 0.3) is 0 Å². The number of aliphatic hydroxyl groups excluding tert-OH is 1. The maximum atomic E-state index is 10.8. The van der Waals surface area contributed by atoms with E-state index in [1.54, 1.807) is 6.92 Å². The van der Waals surface area contributed by atoms with Crippen LogP contribution in [0.4, 0.5) is 0 Å². The number of unbranched alkanes of at least 4 members (excludes halogenated alkanes) is 1. The summed E-state index contributed by atoms with van der Waals surface area (Å²) in [5.74, 6) is -1.99. The first-order valence-electron chi connectivity index (χ1n) is 10.5. The van der Waals surface area contributed by atoms with Gasteiger partial charge >= 0.3 is 17.9 Å². The number of esters is 1. The highest BCUT2D eigenvalue weighted by atomic mass is 16.5. The lowest BCUT2D eigenvalue weighted by Gasteiger charge is -2.13. The second kappa shape index (κ2) is 26.8. The van der Waals surface area contributed by atoms with Gasteiger partial charge < -0.3 is 25.4 Å². The largest absolute Gasteiger partial charge is 0.478 e. The van der Waals surface area contributed by atoms with Gasteiger partial charge in [0.15, 0.2) is 0 Å². The van der Waals surface area contributed by atoms with Gasteiger partial charge in [-0.2, -0.15) is 0 Å². The Kier molecular flexibility index (Phi) is 30.2. The third-order valence-corrected chi connectivity index (χ3v) is 3.70. The fourth-order valence-corrected chi connectivity index (χ4v) is 1.46. The minimum Gasteiger partial charge on any atom is -0.478 e. The number of rotatable bonds is 12. The highest BCUT2D eigenvalue weighted by Gasteiger charge is 2.07. The minimum atomic E-state index is -0.935. The van der Waals surface area contributed by atoms with Crippen molar-refractivity contribution in [1.29, 1.82) is 0 Å². The average molecular weight is 472 g/mol. The molecular formula is C24H41NO8. The molecule has 0 saturated heterocycles. The molecule has 0 saturated carbocycles. The fraction of sp³-hybridized carbons (Fsp3) is 0.500. The Morgan fingerprint density at radius 3 is 1.73 bits per heavy atom. The van der Waals surface area contributed by atoms with Crippen LogP contribution in [-0.4, -0.2) is 52.5 Å². The quantitative estimate of drug-likeness (QED) is 0.190. The highest BCUT2D eigenvalue weighted by Crippen LogP contribution is 2.12. The van der Waals surface area contributed by atoms with Gasteiger partial charge in [0, 0.05) is 17.2 Å². The number of amides is 1. The number of carbonyl (C=O) groups is 4. The van der Waals surface area contributed by atoms with Gasteiger partial charge in [0.2, 0.25) is 5.91 Å². The van der Waals surface area contributed by atoms with Crippen LogP contribution < -0.4 is 5.32 Å². The van der Waals surface area contributed by atoms with E-state index >= 15 is 0 Å². The molecular weight excluding hydrogens is 430 g/mol. The molecule has 0 fully saturated rings. The van der Waals surface area contributed by atoms with Gasteiger partial charge in [-0.3, -0.25) is 4.79 Å². The van der Waals surface area contributed by atoms with Crippen molar-refractivity contribution in [2.75, 3.05) is 13.3 Å². The van der Waals surface area contributed by atoms with Crippen molar-refractivity contribution >= 4 is 23.8 Å². The number of carboxylic acids is 2. The zero-order valence-corrected chi connectivity index (χ0v) is 20.4. The number of aliphatic hydroxyl groups is 1. The first kappa shape index (κ1) is 37.1. The van der Waals surface area contributed by atoms with E-state index in [1.807, 2.05) is 0 Å². The Morgan fingerprint density at radius 2 is 1.52 bits per heavy atom. The number of carbonyl (C=O) groups excluding carboxylic acids is 2. The van der Waals surface area contributed by atoms with Crippen molar-refractivity contribution in [1.82, 2.24) is 5.32 Å². The van der Waals surface area contributed by atoms with E-state index in [0.29, 0.717) is 18.9 Å². The van der Waals surface area contributed by atoms with Crippen LogP contribution in [0.15, 0.2) is 49.6 Å². The SMILES string of the molecule is C=C(C)C(=O)O.C=C(CC)C(=O)O.C=CC(=O)NCO.C=CC(=O)OCC(CC)CCCC. The van der Waals surface area contributed by atoms with Crippen molar-refractivity contribution < 1.29 is 39.2 Å². The number of hydrogen-bond acceptors (Lipinski definition) is 6. The standard InChI is InChI=1S/C11H20O2.C5H8O2.C4H7NO2.C4H6O2/c1-4-7-8-10(5-2)9-13-11(12)6-3;1-3-4(2)5(6)7;1-2-4(7)5-3-6;1-3(2)4(5)6/h6,10H,3-5,7-9H2,1-2H3;2-3H2,1H3,(H,6,7);2,6H,1,3H2,(H,5,7);1H2,2H3,(H,5,6). The summed E-state index contributed by atoms with van der Waals surface area (Å²) in [5, 5.41) is 26.1. The van der Waals surface area contributed by atoms with E-state index in [0.717, 1.165) is 18.9 Å². The maximum absolute atomic E-state index is 10.8. The molecule has 0 radical (unpaired) electrons. The molecule has 0 aliphatic carbocycles. The van der Waals surface area contributed by atoms with Crippen LogP contribution in [0.2, 0.25) is 0 Å². The molecule has 190 valence electrons. The molecule has 1 atom stereocenters. The van der Waals surface area contributed by atoms with E-state index in [1.165, 1.54) is 25.8 Å². The number of carboxylic acid groups (broad SMARTS) is 2. The molecule has 0 bridgehead atoms. The summed E-state index contributed by atoms with van der Waals surface area (Å²) in [6.45, 7) is 20.7. The molecule has 33 heavy (non-hydrogen) atoms. The first-order chi connectivity index (χ1) is 15.4. The number of aliphatic carboxylic acids is 2. The zero-order valence-electron chi connectivity index (χ0n) is 20.4. The lowest BCUT2D eigenvalue weighted by atomic mass is 10.0. The summed E-state index contributed by atoms with van der Waals surface area (Å²) in [4.78, 5) is 40.2. The second-order valence-electron chi connectivity index (χ2n) is 6.50. The van der Waals surface area contributed by atoms with Crippen molar-refractivity contribution in [3.8, 4) is 0 Å². The number of hydrogen-bond donors (Lipinski definition) is 4. The summed E-state index contributed by atoms with van der Waals surface area (Å²) in [5.41, 5.74) is 0.440. The summed E-state index contributed by atoms with van der Waals surface area (Å²) < 4.78 is 4.98. The molecule has 0 spiro atoms. The van der Waals surface area contributed by atoms with Crippen molar-refractivity contribution in [2.24, 2.45) is 5.92 Å². The topological polar surface area (TPSA) is 150 Å². The lowest BCUT2D eigenvalue weighted by Crippen LogP contribution is -2.20. The van der Waals surface area contributed by atoms with Crippen LogP contribution >= 0.6 is 0 Å². The molecule has 1 unspecified atom stereocenters. The van der Waals surface area contributed by atoms with Gasteiger partial charge in [0.05, 0.1) is 6.61 Å². The minimum absolute atomic E-state index is 0.176. The number of ether oxygens (including phenoxy) is 1. The number of nitrogens with one attached hydrogen (secondary N) is 1. The Bertz CT molecular complexity index is 612.